The number of rotatable bonds is 2. The number of fused-ring (bicyclic) bond motifs is 1. The Kier molecular flexibility index (Phi) is 2.31. The van der Waals surface area contributed by atoms with Crippen LogP contribution < -0.4 is 0 Å². The lowest BCUT2D eigenvalue weighted by Crippen LogP contribution is -2.28. The van der Waals surface area contributed by atoms with Crippen molar-refractivity contribution in [2.75, 3.05) is 18.8 Å². The minimum absolute atomic E-state index is 0.305. The Morgan fingerprint density at radius 3 is 2.33 bits per heavy atom. The highest BCUT2D eigenvalue weighted by atomic mass is 32.1. The summed E-state index contributed by atoms with van der Waals surface area (Å²) in [7, 11) is 0. The van der Waals surface area contributed by atoms with E-state index in [1.807, 2.05) is 4.90 Å². The third kappa shape index (κ3) is 1.35. The fourth-order valence-electron chi connectivity index (χ4n) is 2.22. The summed E-state index contributed by atoms with van der Waals surface area (Å²) in [6.45, 7) is 2.05. The lowest BCUT2D eigenvalue weighted by molar-refractivity contribution is -0.129. The number of hydrogen-bond acceptors (Lipinski definition) is 2. The lowest BCUT2D eigenvalue weighted by Gasteiger charge is -2.27. The molecule has 12 heavy (non-hydrogen) atoms. The van der Waals surface area contributed by atoms with Gasteiger partial charge in [0, 0.05) is 19.5 Å². The molecule has 0 spiro atoms. The molecular weight excluding hydrogens is 170 g/mol. The third-order valence-corrected chi connectivity index (χ3v) is 3.39. The van der Waals surface area contributed by atoms with E-state index >= 15 is 0 Å². The van der Waals surface area contributed by atoms with Gasteiger partial charge in [0.1, 0.15) is 0 Å². The molecule has 2 rings (SSSR count). The van der Waals surface area contributed by atoms with Crippen LogP contribution in [0.25, 0.3) is 0 Å². The lowest BCUT2D eigenvalue weighted by atomic mass is 9.77. The van der Waals surface area contributed by atoms with Gasteiger partial charge in [-0.3, -0.25) is 4.79 Å². The standard InChI is InChI=1S/C9H15NOS/c11-9(3-4-12)10-5-7-1-2-8(7)6-10/h7-8,12H,1-6H2. The third-order valence-electron chi connectivity index (χ3n) is 3.16. The molecule has 2 atom stereocenters. The summed E-state index contributed by atoms with van der Waals surface area (Å²) in [4.78, 5) is 13.5. The normalized spacial score (nSPS) is 32.9. The van der Waals surface area contributed by atoms with Crippen molar-refractivity contribution in [3.63, 3.8) is 0 Å². The second-order valence-electron chi connectivity index (χ2n) is 3.87. The van der Waals surface area contributed by atoms with Crippen LogP contribution in [0, 0.1) is 11.8 Å². The summed E-state index contributed by atoms with van der Waals surface area (Å²) in [5.41, 5.74) is 0. The molecule has 1 amide bonds. The summed E-state index contributed by atoms with van der Waals surface area (Å²) >= 11 is 4.07. The van der Waals surface area contributed by atoms with Gasteiger partial charge in [0.2, 0.25) is 5.91 Å². The number of nitrogens with zero attached hydrogens (tertiary/aromatic N) is 1. The first-order valence-corrected chi connectivity index (χ1v) is 5.33. The van der Waals surface area contributed by atoms with Gasteiger partial charge in [-0.2, -0.15) is 12.6 Å². The molecular formula is C9H15NOS. The van der Waals surface area contributed by atoms with E-state index in [1.54, 1.807) is 0 Å². The Balaban J connectivity index is 1.85. The summed E-state index contributed by atoms with van der Waals surface area (Å²) in [5, 5.41) is 0. The van der Waals surface area contributed by atoms with Crippen LogP contribution in [-0.4, -0.2) is 29.6 Å². The van der Waals surface area contributed by atoms with Gasteiger partial charge in [0.05, 0.1) is 0 Å². The molecule has 2 unspecified atom stereocenters. The van der Waals surface area contributed by atoms with Crippen LogP contribution in [0.1, 0.15) is 19.3 Å². The van der Waals surface area contributed by atoms with E-state index in [-0.39, 0.29) is 0 Å². The first-order chi connectivity index (χ1) is 5.81. The molecule has 0 bridgehead atoms. The molecule has 1 saturated heterocycles. The van der Waals surface area contributed by atoms with Crippen LogP contribution in [0.15, 0.2) is 0 Å². The van der Waals surface area contributed by atoms with Gasteiger partial charge < -0.3 is 4.90 Å². The van der Waals surface area contributed by atoms with Crippen molar-refractivity contribution in [2.45, 2.75) is 19.3 Å². The smallest absolute Gasteiger partial charge is 0.223 e. The molecule has 0 aromatic rings. The SMILES string of the molecule is O=C(CCS)N1CC2CCC2C1. The van der Waals surface area contributed by atoms with Gasteiger partial charge in [-0.15, -0.1) is 0 Å². The summed E-state index contributed by atoms with van der Waals surface area (Å²) < 4.78 is 0. The maximum atomic E-state index is 11.4. The monoisotopic (exact) mass is 185 g/mol. The van der Waals surface area contributed by atoms with E-state index in [2.05, 4.69) is 12.6 Å². The van der Waals surface area contributed by atoms with E-state index < -0.39 is 0 Å². The molecule has 2 aliphatic rings. The van der Waals surface area contributed by atoms with Crippen LogP contribution in [0.5, 0.6) is 0 Å². The van der Waals surface area contributed by atoms with E-state index in [0.717, 1.165) is 24.9 Å². The summed E-state index contributed by atoms with van der Waals surface area (Å²) in [6.07, 6.45) is 3.30. The first kappa shape index (κ1) is 8.42. The number of carbonyl (C=O) groups is 1. The zero-order valence-electron chi connectivity index (χ0n) is 7.20. The molecule has 2 nitrogen and oxygen atoms in total. The first-order valence-electron chi connectivity index (χ1n) is 4.70. The van der Waals surface area contributed by atoms with Gasteiger partial charge in [0.25, 0.3) is 0 Å². The summed E-state index contributed by atoms with van der Waals surface area (Å²) in [6, 6.07) is 0. The zero-order valence-corrected chi connectivity index (χ0v) is 8.09. The van der Waals surface area contributed by atoms with Crippen molar-refractivity contribution < 1.29 is 4.79 Å². The van der Waals surface area contributed by atoms with Crippen LogP contribution in [0.2, 0.25) is 0 Å². The Labute approximate surface area is 78.7 Å². The maximum Gasteiger partial charge on any atom is 0.223 e. The number of thiol groups is 1. The number of carbonyl (C=O) groups excluding carboxylic acids is 1. The van der Waals surface area contributed by atoms with Crippen LogP contribution >= 0.6 is 12.6 Å². The minimum atomic E-state index is 0.305. The Morgan fingerprint density at radius 1 is 1.33 bits per heavy atom. The fourth-order valence-corrected chi connectivity index (χ4v) is 2.41. The molecule has 0 radical (unpaired) electrons. The van der Waals surface area contributed by atoms with Gasteiger partial charge in [-0.1, -0.05) is 0 Å². The molecule has 1 aliphatic carbocycles. The van der Waals surface area contributed by atoms with Crippen molar-refractivity contribution in [2.24, 2.45) is 11.8 Å². The van der Waals surface area contributed by atoms with Crippen molar-refractivity contribution in [1.82, 2.24) is 4.90 Å². The summed E-state index contributed by atoms with van der Waals surface area (Å²) in [5.74, 6) is 2.67. The molecule has 1 aliphatic heterocycles. The molecule has 0 N–H and O–H groups in total. The number of amides is 1. The van der Waals surface area contributed by atoms with Crippen molar-refractivity contribution in [3.8, 4) is 0 Å². The highest BCUT2D eigenvalue weighted by Crippen LogP contribution is 2.40. The van der Waals surface area contributed by atoms with Gasteiger partial charge in [-0.05, 0) is 30.4 Å². The average Bonchev–Trinajstić information content (AvgIpc) is 2.29. The van der Waals surface area contributed by atoms with Crippen molar-refractivity contribution >= 4 is 18.5 Å². The topological polar surface area (TPSA) is 20.3 Å². The highest BCUT2D eigenvalue weighted by molar-refractivity contribution is 7.80. The Bertz CT molecular complexity index is 183. The molecule has 0 aromatic heterocycles. The number of likely N-dealkylation sites (tertiary alicyclic amines) is 1. The van der Waals surface area contributed by atoms with E-state index in [1.165, 1.54) is 12.8 Å². The minimum Gasteiger partial charge on any atom is -0.342 e. The van der Waals surface area contributed by atoms with Gasteiger partial charge in [0.15, 0.2) is 0 Å². The van der Waals surface area contributed by atoms with E-state index in [0.29, 0.717) is 18.1 Å². The number of hydrogen-bond donors (Lipinski definition) is 1. The molecule has 68 valence electrons. The quantitative estimate of drug-likeness (QED) is 0.640. The second kappa shape index (κ2) is 3.29. The fraction of sp³-hybridized carbons (Fsp3) is 0.889. The van der Waals surface area contributed by atoms with Crippen LogP contribution in [-0.2, 0) is 4.79 Å². The van der Waals surface area contributed by atoms with Crippen molar-refractivity contribution in [3.05, 3.63) is 0 Å². The zero-order chi connectivity index (χ0) is 8.55. The largest absolute Gasteiger partial charge is 0.342 e. The van der Waals surface area contributed by atoms with Crippen LogP contribution in [0.4, 0.5) is 0 Å². The Morgan fingerprint density at radius 2 is 1.92 bits per heavy atom. The molecule has 0 aromatic carbocycles. The highest BCUT2D eigenvalue weighted by Gasteiger charge is 2.40. The predicted molar refractivity (Wildman–Crippen MR) is 51.3 cm³/mol. The molecule has 1 heterocycles. The molecule has 3 heteroatoms. The molecule has 2 fully saturated rings. The van der Waals surface area contributed by atoms with Crippen molar-refractivity contribution in [1.29, 1.82) is 0 Å². The van der Waals surface area contributed by atoms with E-state index in [4.69, 9.17) is 0 Å². The van der Waals surface area contributed by atoms with Gasteiger partial charge >= 0.3 is 0 Å². The maximum absolute atomic E-state index is 11.4. The van der Waals surface area contributed by atoms with E-state index in [9.17, 15) is 4.79 Å². The predicted octanol–water partition coefficient (Wildman–Crippen LogP) is 1.17. The second-order valence-corrected chi connectivity index (χ2v) is 4.32. The molecule has 1 saturated carbocycles. The van der Waals surface area contributed by atoms with Gasteiger partial charge in [-0.25, -0.2) is 0 Å². The average molecular weight is 185 g/mol. The Hall–Kier alpha value is -0.180. The van der Waals surface area contributed by atoms with Crippen LogP contribution in [0.3, 0.4) is 0 Å².